The molecular weight excluding hydrogens is 338 g/mol. The molecule has 0 radical (unpaired) electrons. The summed E-state index contributed by atoms with van der Waals surface area (Å²) >= 11 is 6.35. The van der Waals surface area contributed by atoms with Crippen molar-refractivity contribution in [2.24, 2.45) is 5.73 Å². The SMILES string of the molecule is CCOc1cc(CCN)cc(Cl)c1OCCOc1ccc(C)c(C)c1. The van der Waals surface area contributed by atoms with Gasteiger partial charge in [-0.25, -0.2) is 0 Å². The number of benzene rings is 2. The summed E-state index contributed by atoms with van der Waals surface area (Å²) in [5.41, 5.74) is 9.10. The Hall–Kier alpha value is -1.91. The summed E-state index contributed by atoms with van der Waals surface area (Å²) in [4.78, 5) is 0. The van der Waals surface area contributed by atoms with Gasteiger partial charge >= 0.3 is 0 Å². The number of halogens is 1. The predicted molar refractivity (Wildman–Crippen MR) is 102 cm³/mol. The first-order chi connectivity index (χ1) is 12.0. The number of rotatable bonds is 9. The molecule has 2 aromatic rings. The Bertz CT molecular complexity index is 704. The second kappa shape index (κ2) is 9.54. The molecule has 25 heavy (non-hydrogen) atoms. The highest BCUT2D eigenvalue weighted by atomic mass is 35.5. The van der Waals surface area contributed by atoms with Crippen molar-refractivity contribution in [1.29, 1.82) is 0 Å². The fourth-order valence-electron chi connectivity index (χ4n) is 2.44. The third kappa shape index (κ3) is 5.55. The van der Waals surface area contributed by atoms with Crippen molar-refractivity contribution in [3.8, 4) is 17.2 Å². The van der Waals surface area contributed by atoms with Gasteiger partial charge in [-0.05, 0) is 74.7 Å². The summed E-state index contributed by atoms with van der Waals surface area (Å²) in [6.45, 7) is 7.97. The van der Waals surface area contributed by atoms with Crippen molar-refractivity contribution >= 4 is 11.6 Å². The topological polar surface area (TPSA) is 53.7 Å². The Morgan fingerprint density at radius 1 is 0.960 bits per heavy atom. The van der Waals surface area contributed by atoms with Gasteiger partial charge in [0.2, 0.25) is 0 Å². The van der Waals surface area contributed by atoms with Gasteiger partial charge in [0.15, 0.2) is 11.5 Å². The van der Waals surface area contributed by atoms with E-state index in [9.17, 15) is 0 Å². The minimum Gasteiger partial charge on any atom is -0.490 e. The third-order valence-corrected chi connectivity index (χ3v) is 4.16. The lowest BCUT2D eigenvalue weighted by Crippen LogP contribution is -2.11. The normalized spacial score (nSPS) is 10.6. The highest BCUT2D eigenvalue weighted by molar-refractivity contribution is 6.32. The van der Waals surface area contributed by atoms with Crippen LogP contribution in [0, 0.1) is 13.8 Å². The zero-order valence-corrected chi connectivity index (χ0v) is 15.9. The zero-order chi connectivity index (χ0) is 18.2. The maximum atomic E-state index is 6.35. The number of aryl methyl sites for hydroxylation is 2. The van der Waals surface area contributed by atoms with E-state index in [0.29, 0.717) is 42.9 Å². The Kier molecular flexibility index (Phi) is 7.41. The maximum Gasteiger partial charge on any atom is 0.179 e. The number of ether oxygens (including phenoxy) is 3. The van der Waals surface area contributed by atoms with Gasteiger partial charge in [-0.3, -0.25) is 0 Å². The quantitative estimate of drug-likeness (QED) is 0.674. The molecule has 0 bridgehead atoms. The van der Waals surface area contributed by atoms with Crippen molar-refractivity contribution < 1.29 is 14.2 Å². The molecule has 0 aliphatic heterocycles. The lowest BCUT2D eigenvalue weighted by Gasteiger charge is -2.15. The fraction of sp³-hybridized carbons (Fsp3) is 0.400. The lowest BCUT2D eigenvalue weighted by molar-refractivity contribution is 0.208. The molecule has 0 unspecified atom stereocenters. The molecule has 4 nitrogen and oxygen atoms in total. The minimum absolute atomic E-state index is 0.378. The van der Waals surface area contributed by atoms with E-state index in [1.165, 1.54) is 11.1 Å². The Morgan fingerprint density at radius 2 is 1.72 bits per heavy atom. The van der Waals surface area contributed by atoms with Gasteiger partial charge in [-0.2, -0.15) is 0 Å². The molecule has 0 aliphatic carbocycles. The largest absolute Gasteiger partial charge is 0.490 e. The first-order valence-electron chi connectivity index (χ1n) is 8.53. The maximum absolute atomic E-state index is 6.35. The highest BCUT2D eigenvalue weighted by Gasteiger charge is 2.12. The zero-order valence-electron chi connectivity index (χ0n) is 15.1. The van der Waals surface area contributed by atoms with Crippen LogP contribution in [0.4, 0.5) is 0 Å². The van der Waals surface area contributed by atoms with E-state index < -0.39 is 0 Å². The van der Waals surface area contributed by atoms with Crippen molar-refractivity contribution in [2.75, 3.05) is 26.4 Å². The van der Waals surface area contributed by atoms with Gasteiger partial charge in [-0.15, -0.1) is 0 Å². The van der Waals surface area contributed by atoms with E-state index in [0.717, 1.165) is 17.7 Å². The van der Waals surface area contributed by atoms with Crippen LogP contribution in [-0.2, 0) is 6.42 Å². The lowest BCUT2D eigenvalue weighted by atomic mass is 10.1. The van der Waals surface area contributed by atoms with Crippen LogP contribution < -0.4 is 19.9 Å². The number of hydrogen-bond acceptors (Lipinski definition) is 4. The summed E-state index contributed by atoms with van der Waals surface area (Å²) in [6.07, 6.45) is 0.746. The van der Waals surface area contributed by atoms with Crippen LogP contribution in [0.25, 0.3) is 0 Å². The molecule has 5 heteroatoms. The fourth-order valence-corrected chi connectivity index (χ4v) is 2.73. The number of nitrogens with two attached hydrogens (primary N) is 1. The highest BCUT2D eigenvalue weighted by Crippen LogP contribution is 2.36. The van der Waals surface area contributed by atoms with Crippen LogP contribution >= 0.6 is 11.6 Å². The van der Waals surface area contributed by atoms with Crippen LogP contribution in [0.5, 0.6) is 17.2 Å². The summed E-state index contributed by atoms with van der Waals surface area (Å²) < 4.78 is 17.2. The van der Waals surface area contributed by atoms with E-state index in [4.69, 9.17) is 31.5 Å². The summed E-state index contributed by atoms with van der Waals surface area (Å²) in [5, 5.41) is 0.528. The third-order valence-electron chi connectivity index (χ3n) is 3.88. The van der Waals surface area contributed by atoms with Crippen LogP contribution in [0.2, 0.25) is 5.02 Å². The first-order valence-corrected chi connectivity index (χ1v) is 8.91. The van der Waals surface area contributed by atoms with Gasteiger partial charge in [0.05, 0.1) is 11.6 Å². The molecule has 136 valence electrons. The molecule has 0 saturated heterocycles. The van der Waals surface area contributed by atoms with Gasteiger partial charge in [-0.1, -0.05) is 17.7 Å². The predicted octanol–water partition coefficient (Wildman–Crippen LogP) is 4.31. The molecule has 0 spiro atoms. The summed E-state index contributed by atoms with van der Waals surface area (Å²) in [6, 6.07) is 9.84. The van der Waals surface area contributed by atoms with E-state index in [1.54, 1.807) is 0 Å². The van der Waals surface area contributed by atoms with E-state index in [2.05, 4.69) is 13.8 Å². The molecule has 0 atom stereocenters. The van der Waals surface area contributed by atoms with Gasteiger partial charge in [0, 0.05) is 0 Å². The monoisotopic (exact) mass is 363 g/mol. The molecule has 0 saturated carbocycles. The van der Waals surface area contributed by atoms with Crippen molar-refractivity contribution in [2.45, 2.75) is 27.2 Å². The molecule has 0 aromatic heterocycles. The smallest absolute Gasteiger partial charge is 0.179 e. The second-order valence-corrected chi connectivity index (χ2v) is 6.23. The Labute approximate surface area is 154 Å². The average molecular weight is 364 g/mol. The molecule has 0 heterocycles. The first kappa shape index (κ1) is 19.4. The van der Waals surface area contributed by atoms with Crippen molar-refractivity contribution in [3.05, 3.63) is 52.0 Å². The minimum atomic E-state index is 0.378. The van der Waals surface area contributed by atoms with Crippen LogP contribution in [0.1, 0.15) is 23.6 Å². The van der Waals surface area contributed by atoms with Crippen molar-refractivity contribution in [1.82, 2.24) is 0 Å². The molecule has 2 aromatic carbocycles. The van der Waals surface area contributed by atoms with Crippen LogP contribution in [0.15, 0.2) is 30.3 Å². The average Bonchev–Trinajstić information content (AvgIpc) is 2.57. The van der Waals surface area contributed by atoms with E-state index in [1.807, 2.05) is 37.3 Å². The summed E-state index contributed by atoms with van der Waals surface area (Å²) in [5.74, 6) is 2.03. The number of hydrogen-bond donors (Lipinski definition) is 1. The molecule has 0 amide bonds. The van der Waals surface area contributed by atoms with Crippen molar-refractivity contribution in [3.63, 3.8) is 0 Å². The molecule has 2 rings (SSSR count). The Morgan fingerprint density at radius 3 is 2.40 bits per heavy atom. The van der Waals surface area contributed by atoms with Gasteiger partial charge < -0.3 is 19.9 Å². The van der Waals surface area contributed by atoms with Crippen LogP contribution in [-0.4, -0.2) is 26.4 Å². The van der Waals surface area contributed by atoms with E-state index in [-0.39, 0.29) is 0 Å². The van der Waals surface area contributed by atoms with Gasteiger partial charge in [0.25, 0.3) is 0 Å². The van der Waals surface area contributed by atoms with Gasteiger partial charge in [0.1, 0.15) is 19.0 Å². The summed E-state index contributed by atoms with van der Waals surface area (Å²) in [7, 11) is 0. The molecule has 0 fully saturated rings. The standard InChI is InChI=1S/C20H26ClNO3/c1-4-23-19-13-16(7-8-22)12-18(21)20(19)25-10-9-24-17-6-5-14(2)15(3)11-17/h5-6,11-13H,4,7-10,22H2,1-3H3. The molecule has 2 N–H and O–H groups in total. The van der Waals surface area contributed by atoms with Crippen LogP contribution in [0.3, 0.4) is 0 Å². The molecular formula is C20H26ClNO3. The Balaban J connectivity index is 1.98. The van der Waals surface area contributed by atoms with E-state index >= 15 is 0 Å². The second-order valence-electron chi connectivity index (χ2n) is 5.82. The molecule has 0 aliphatic rings.